The van der Waals surface area contributed by atoms with Gasteiger partial charge in [-0.05, 0) is 19.1 Å². The summed E-state index contributed by atoms with van der Waals surface area (Å²) in [7, 11) is 3.53. The van der Waals surface area contributed by atoms with Gasteiger partial charge in [-0.25, -0.2) is 0 Å². The zero-order valence-electron chi connectivity index (χ0n) is 10.3. The maximum atomic E-state index is 11.7. The van der Waals surface area contributed by atoms with Crippen LogP contribution in [0.4, 0.5) is 5.69 Å². The molecule has 0 saturated carbocycles. The van der Waals surface area contributed by atoms with Crippen molar-refractivity contribution in [3.05, 3.63) is 35.4 Å². The molecule has 0 unspecified atom stereocenters. The van der Waals surface area contributed by atoms with E-state index in [0.29, 0.717) is 0 Å². The van der Waals surface area contributed by atoms with Crippen LogP contribution in [0.1, 0.15) is 6.92 Å². The molecule has 0 saturated heterocycles. The molecule has 1 aromatic carbocycles. The summed E-state index contributed by atoms with van der Waals surface area (Å²) in [6.07, 6.45) is 1.70. The topological polar surface area (TPSA) is 23.6 Å². The van der Waals surface area contributed by atoms with Gasteiger partial charge in [0.1, 0.15) is 0 Å². The molecular weight excluding hydrogens is 232 g/mol. The molecule has 17 heavy (non-hydrogen) atoms. The molecule has 1 aromatic rings. The van der Waals surface area contributed by atoms with Gasteiger partial charge in [0.05, 0.1) is 10.7 Å². The van der Waals surface area contributed by atoms with Crippen molar-refractivity contribution in [2.45, 2.75) is 11.8 Å². The summed E-state index contributed by atoms with van der Waals surface area (Å²) in [5.74, 6) is 0.0266. The Hall–Kier alpha value is -1.42. The normalized spacial score (nSPS) is 16.2. The lowest BCUT2D eigenvalue weighted by Crippen LogP contribution is -2.23. The van der Waals surface area contributed by atoms with Crippen LogP contribution in [0, 0.1) is 0 Å². The van der Waals surface area contributed by atoms with Crippen LogP contribution in [-0.4, -0.2) is 31.4 Å². The molecule has 3 nitrogen and oxygen atoms in total. The minimum Gasteiger partial charge on any atom is -0.345 e. The van der Waals surface area contributed by atoms with Crippen LogP contribution >= 0.6 is 11.8 Å². The predicted molar refractivity (Wildman–Crippen MR) is 72.1 cm³/mol. The minimum atomic E-state index is 0.0266. The van der Waals surface area contributed by atoms with E-state index in [4.69, 9.17) is 0 Å². The summed E-state index contributed by atoms with van der Waals surface area (Å²) >= 11 is 1.65. The van der Waals surface area contributed by atoms with Crippen LogP contribution < -0.4 is 4.90 Å². The van der Waals surface area contributed by atoms with Crippen LogP contribution in [-0.2, 0) is 4.79 Å². The molecule has 90 valence electrons. The van der Waals surface area contributed by atoms with Crippen molar-refractivity contribution >= 4 is 23.4 Å². The van der Waals surface area contributed by atoms with Crippen LogP contribution in [0.3, 0.4) is 0 Å². The quantitative estimate of drug-likeness (QED) is 0.751. The van der Waals surface area contributed by atoms with Gasteiger partial charge in [-0.2, -0.15) is 0 Å². The number of thioether (sulfide) groups is 1. The molecule has 1 aliphatic heterocycles. The lowest BCUT2D eigenvalue weighted by molar-refractivity contribution is -0.123. The van der Waals surface area contributed by atoms with E-state index in [-0.39, 0.29) is 5.91 Å². The summed E-state index contributed by atoms with van der Waals surface area (Å²) in [5, 5.41) is 1.01. The smallest absolute Gasteiger partial charge is 0.248 e. The van der Waals surface area contributed by atoms with Crippen molar-refractivity contribution in [3.63, 3.8) is 0 Å². The lowest BCUT2D eigenvalue weighted by atomic mass is 10.3. The van der Waals surface area contributed by atoms with Gasteiger partial charge >= 0.3 is 0 Å². The van der Waals surface area contributed by atoms with E-state index in [0.717, 1.165) is 11.6 Å². The molecule has 0 bridgehead atoms. The fraction of sp³-hybridized carbons (Fsp3) is 0.308. The highest BCUT2D eigenvalue weighted by molar-refractivity contribution is 8.03. The monoisotopic (exact) mass is 248 g/mol. The Kier molecular flexibility index (Phi) is 3.43. The molecular formula is C13H16N2OS. The van der Waals surface area contributed by atoms with E-state index >= 15 is 0 Å². The molecule has 1 heterocycles. The maximum absolute atomic E-state index is 11.7. The van der Waals surface area contributed by atoms with Crippen molar-refractivity contribution in [3.8, 4) is 0 Å². The van der Waals surface area contributed by atoms with E-state index < -0.39 is 0 Å². The van der Waals surface area contributed by atoms with Crippen molar-refractivity contribution in [1.82, 2.24) is 4.90 Å². The fourth-order valence-electron chi connectivity index (χ4n) is 1.72. The second-order valence-electron chi connectivity index (χ2n) is 4.03. The summed E-state index contributed by atoms with van der Waals surface area (Å²) in [6, 6.07) is 8.23. The summed E-state index contributed by atoms with van der Waals surface area (Å²) in [6.45, 7) is 2.97. The van der Waals surface area contributed by atoms with Gasteiger partial charge in [-0.1, -0.05) is 23.9 Å². The molecule has 0 fully saturated rings. The average molecular weight is 248 g/mol. The summed E-state index contributed by atoms with van der Waals surface area (Å²) in [5.41, 5.74) is 1.19. The first-order valence-electron chi connectivity index (χ1n) is 5.61. The number of hydrogen-bond donors (Lipinski definition) is 0. The number of fused-ring (bicyclic) bond motifs is 1. The molecule has 4 heteroatoms. The van der Waals surface area contributed by atoms with Gasteiger partial charge in [-0.3, -0.25) is 4.79 Å². The van der Waals surface area contributed by atoms with Crippen LogP contribution in [0.2, 0.25) is 0 Å². The van der Waals surface area contributed by atoms with Crippen molar-refractivity contribution < 1.29 is 4.79 Å². The molecule has 1 aliphatic rings. The lowest BCUT2D eigenvalue weighted by Gasteiger charge is -2.18. The summed E-state index contributed by atoms with van der Waals surface area (Å²) < 4.78 is 0. The molecule has 0 N–H and O–H groups in total. The minimum absolute atomic E-state index is 0.0266. The number of hydrogen-bond acceptors (Lipinski definition) is 3. The Morgan fingerprint density at radius 1 is 1.41 bits per heavy atom. The largest absolute Gasteiger partial charge is 0.345 e. The van der Waals surface area contributed by atoms with E-state index in [1.54, 1.807) is 36.8 Å². The zero-order valence-corrected chi connectivity index (χ0v) is 11.1. The number of likely N-dealkylation sites (N-methyl/N-ethyl adjacent to an activating group) is 1. The highest BCUT2D eigenvalue weighted by atomic mass is 32.2. The van der Waals surface area contributed by atoms with E-state index in [9.17, 15) is 4.79 Å². The highest BCUT2D eigenvalue weighted by Gasteiger charge is 2.24. The molecule has 2 rings (SSSR count). The Morgan fingerprint density at radius 2 is 2.12 bits per heavy atom. The van der Waals surface area contributed by atoms with Gasteiger partial charge in [-0.15, -0.1) is 0 Å². The third kappa shape index (κ3) is 2.31. The molecule has 0 radical (unpaired) electrons. The molecule has 0 atom stereocenters. The first kappa shape index (κ1) is 12.0. The molecule has 1 amide bonds. The third-order valence-electron chi connectivity index (χ3n) is 2.64. The van der Waals surface area contributed by atoms with E-state index in [1.807, 2.05) is 12.1 Å². The van der Waals surface area contributed by atoms with Gasteiger partial charge in [0.2, 0.25) is 5.91 Å². The molecule has 0 spiro atoms. The van der Waals surface area contributed by atoms with Gasteiger partial charge < -0.3 is 9.80 Å². The zero-order chi connectivity index (χ0) is 12.4. The van der Waals surface area contributed by atoms with Gasteiger partial charge in [0.15, 0.2) is 0 Å². The Morgan fingerprint density at radius 3 is 2.76 bits per heavy atom. The predicted octanol–water partition coefficient (Wildman–Crippen LogP) is 2.55. The Balaban J connectivity index is 2.32. The van der Waals surface area contributed by atoms with Gasteiger partial charge in [0, 0.05) is 31.6 Å². The van der Waals surface area contributed by atoms with Crippen LogP contribution in [0.15, 0.2) is 40.3 Å². The van der Waals surface area contributed by atoms with Crippen molar-refractivity contribution in [2.75, 3.05) is 25.5 Å². The maximum Gasteiger partial charge on any atom is 0.248 e. The van der Waals surface area contributed by atoms with Crippen molar-refractivity contribution in [1.29, 1.82) is 0 Å². The first-order valence-corrected chi connectivity index (χ1v) is 6.42. The van der Waals surface area contributed by atoms with E-state index in [1.165, 1.54) is 10.6 Å². The molecule has 0 aliphatic carbocycles. The number of para-hydroxylation sites is 1. The number of amides is 1. The number of benzene rings is 1. The number of carbonyl (C=O) groups excluding carboxylic acids is 1. The fourth-order valence-corrected chi connectivity index (χ4v) is 2.87. The van der Waals surface area contributed by atoms with Crippen LogP contribution in [0.25, 0.3) is 0 Å². The van der Waals surface area contributed by atoms with Crippen molar-refractivity contribution in [2.24, 2.45) is 0 Å². The number of nitrogens with zero attached hydrogens (tertiary/aromatic N) is 2. The second-order valence-corrected chi connectivity index (χ2v) is 5.09. The highest BCUT2D eigenvalue weighted by Crippen LogP contribution is 2.45. The second kappa shape index (κ2) is 4.84. The number of rotatable bonds is 2. The summed E-state index contributed by atoms with van der Waals surface area (Å²) in [4.78, 5) is 16.7. The first-order chi connectivity index (χ1) is 8.13. The SMILES string of the molecule is CCN1/C(=C/C(=O)N(C)C)Sc2ccccc21. The molecule has 0 aromatic heterocycles. The van der Waals surface area contributed by atoms with Gasteiger partial charge in [0.25, 0.3) is 0 Å². The standard InChI is InChI=1S/C13H16N2OS/c1-4-15-10-7-5-6-8-11(10)17-13(15)9-12(16)14(2)3/h5-9H,4H2,1-3H3/b13-9-. The average Bonchev–Trinajstić information content (AvgIpc) is 2.65. The third-order valence-corrected chi connectivity index (χ3v) is 3.75. The number of carbonyl (C=O) groups is 1. The van der Waals surface area contributed by atoms with Crippen LogP contribution in [0.5, 0.6) is 0 Å². The Bertz CT molecular complexity index is 468. The Labute approximate surface area is 106 Å². The number of anilines is 1. The van der Waals surface area contributed by atoms with E-state index in [2.05, 4.69) is 24.0 Å².